The molecule has 7 heteroatoms. The SMILES string of the molecule is CC1(C)C(CNC(=O)N[C@H](CCC(N)=O)C(=O)O)C1(C)C. The maximum atomic E-state index is 11.8. The van der Waals surface area contributed by atoms with E-state index in [4.69, 9.17) is 10.8 Å². The van der Waals surface area contributed by atoms with E-state index in [0.717, 1.165) is 0 Å². The van der Waals surface area contributed by atoms with E-state index in [1.807, 2.05) is 0 Å². The first-order valence-electron chi connectivity index (χ1n) is 7.05. The summed E-state index contributed by atoms with van der Waals surface area (Å²) < 4.78 is 0. The number of carbonyl (C=O) groups excluding carboxylic acids is 2. The van der Waals surface area contributed by atoms with Gasteiger partial charge in [0.25, 0.3) is 0 Å². The number of rotatable bonds is 7. The van der Waals surface area contributed by atoms with Crippen molar-refractivity contribution in [2.24, 2.45) is 22.5 Å². The molecule has 0 aliphatic heterocycles. The molecule has 120 valence electrons. The van der Waals surface area contributed by atoms with Crippen LogP contribution in [0.5, 0.6) is 0 Å². The van der Waals surface area contributed by atoms with Gasteiger partial charge >= 0.3 is 12.0 Å². The highest BCUT2D eigenvalue weighted by atomic mass is 16.4. The smallest absolute Gasteiger partial charge is 0.326 e. The Kier molecular flexibility index (Phi) is 4.86. The molecule has 0 bridgehead atoms. The van der Waals surface area contributed by atoms with Crippen molar-refractivity contribution in [1.29, 1.82) is 0 Å². The summed E-state index contributed by atoms with van der Waals surface area (Å²) in [5, 5.41) is 14.0. The summed E-state index contributed by atoms with van der Waals surface area (Å²) in [6.45, 7) is 9.07. The molecule has 21 heavy (non-hydrogen) atoms. The monoisotopic (exact) mass is 299 g/mol. The first-order chi connectivity index (χ1) is 9.50. The van der Waals surface area contributed by atoms with Gasteiger partial charge in [-0.05, 0) is 23.2 Å². The third-order valence-corrected chi connectivity index (χ3v) is 5.07. The number of hydrogen-bond acceptors (Lipinski definition) is 3. The quantitative estimate of drug-likeness (QED) is 0.552. The number of urea groups is 1. The molecule has 0 saturated heterocycles. The fourth-order valence-electron chi connectivity index (χ4n) is 2.79. The van der Waals surface area contributed by atoms with Gasteiger partial charge in [-0.2, -0.15) is 0 Å². The third-order valence-electron chi connectivity index (χ3n) is 5.07. The highest BCUT2D eigenvalue weighted by Crippen LogP contribution is 2.67. The number of carboxylic acids is 1. The standard InChI is InChI=1S/C14H25N3O4/c1-13(2)9(14(13,3)4)7-16-12(21)17-8(11(19)20)5-6-10(15)18/h8-9H,5-7H2,1-4H3,(H2,15,18)(H,19,20)(H2,16,17,21)/t8-/m1/s1. The molecule has 5 N–H and O–H groups in total. The predicted octanol–water partition coefficient (Wildman–Crippen LogP) is 0.687. The van der Waals surface area contributed by atoms with Crippen LogP contribution in [0.1, 0.15) is 40.5 Å². The van der Waals surface area contributed by atoms with Crippen molar-refractivity contribution in [2.45, 2.75) is 46.6 Å². The molecule has 1 aliphatic rings. The van der Waals surface area contributed by atoms with Crippen molar-refractivity contribution < 1.29 is 19.5 Å². The van der Waals surface area contributed by atoms with Gasteiger partial charge in [-0.25, -0.2) is 9.59 Å². The van der Waals surface area contributed by atoms with Crippen LogP contribution in [0.25, 0.3) is 0 Å². The molecule has 0 aromatic heterocycles. The summed E-state index contributed by atoms with van der Waals surface area (Å²) in [7, 11) is 0. The molecule has 0 heterocycles. The second-order valence-electron chi connectivity index (χ2n) is 6.75. The maximum absolute atomic E-state index is 11.8. The second-order valence-corrected chi connectivity index (χ2v) is 6.75. The van der Waals surface area contributed by atoms with Crippen LogP contribution in [0.3, 0.4) is 0 Å². The highest BCUT2D eigenvalue weighted by Gasteiger charge is 2.64. The lowest BCUT2D eigenvalue weighted by atomic mass is 10.0. The number of carboxylic acid groups (broad SMARTS) is 1. The van der Waals surface area contributed by atoms with Gasteiger partial charge in [0.15, 0.2) is 0 Å². The number of nitrogens with one attached hydrogen (secondary N) is 2. The zero-order valence-electron chi connectivity index (χ0n) is 13.0. The zero-order valence-corrected chi connectivity index (χ0v) is 13.0. The molecule has 1 rings (SSSR count). The van der Waals surface area contributed by atoms with Gasteiger partial charge in [0.2, 0.25) is 5.91 Å². The van der Waals surface area contributed by atoms with E-state index < -0.39 is 23.9 Å². The van der Waals surface area contributed by atoms with Crippen LogP contribution in [0.15, 0.2) is 0 Å². The number of aliphatic carboxylic acids is 1. The van der Waals surface area contributed by atoms with E-state index in [-0.39, 0.29) is 23.7 Å². The third kappa shape index (κ3) is 3.86. The van der Waals surface area contributed by atoms with E-state index in [9.17, 15) is 14.4 Å². The van der Waals surface area contributed by atoms with Crippen molar-refractivity contribution in [3.8, 4) is 0 Å². The van der Waals surface area contributed by atoms with Crippen LogP contribution in [-0.2, 0) is 9.59 Å². The van der Waals surface area contributed by atoms with Crippen LogP contribution >= 0.6 is 0 Å². The Morgan fingerprint density at radius 1 is 1.19 bits per heavy atom. The number of hydrogen-bond donors (Lipinski definition) is 4. The van der Waals surface area contributed by atoms with Crippen LogP contribution in [0.4, 0.5) is 4.79 Å². The maximum Gasteiger partial charge on any atom is 0.326 e. The minimum absolute atomic E-state index is 0.0154. The minimum atomic E-state index is -1.18. The van der Waals surface area contributed by atoms with Crippen molar-refractivity contribution in [3.63, 3.8) is 0 Å². The molecular formula is C14H25N3O4. The van der Waals surface area contributed by atoms with Crippen molar-refractivity contribution in [1.82, 2.24) is 10.6 Å². The fraction of sp³-hybridized carbons (Fsp3) is 0.786. The molecule has 0 radical (unpaired) electrons. The van der Waals surface area contributed by atoms with Crippen LogP contribution in [-0.4, -0.2) is 35.6 Å². The molecule has 1 fully saturated rings. The average molecular weight is 299 g/mol. The summed E-state index contributed by atoms with van der Waals surface area (Å²) in [6, 6.07) is -1.65. The molecule has 0 aromatic carbocycles. The van der Waals surface area contributed by atoms with E-state index in [1.165, 1.54) is 0 Å². The first-order valence-corrected chi connectivity index (χ1v) is 7.05. The van der Waals surface area contributed by atoms with Gasteiger partial charge in [-0.3, -0.25) is 4.79 Å². The Hall–Kier alpha value is -1.79. The summed E-state index contributed by atoms with van der Waals surface area (Å²) in [5.74, 6) is -1.42. The van der Waals surface area contributed by atoms with Crippen LogP contribution < -0.4 is 16.4 Å². The Morgan fingerprint density at radius 3 is 2.10 bits per heavy atom. The lowest BCUT2D eigenvalue weighted by Crippen LogP contribution is -2.47. The minimum Gasteiger partial charge on any atom is -0.480 e. The van der Waals surface area contributed by atoms with E-state index >= 15 is 0 Å². The molecule has 0 unspecified atom stereocenters. The lowest BCUT2D eigenvalue weighted by molar-refractivity contribution is -0.139. The zero-order chi connectivity index (χ0) is 16.4. The highest BCUT2D eigenvalue weighted by molar-refractivity contribution is 5.83. The second kappa shape index (κ2) is 5.91. The summed E-state index contributed by atoms with van der Waals surface area (Å²) in [4.78, 5) is 33.4. The van der Waals surface area contributed by atoms with Gasteiger partial charge in [0, 0.05) is 13.0 Å². The van der Waals surface area contributed by atoms with Gasteiger partial charge in [-0.15, -0.1) is 0 Å². The molecular weight excluding hydrogens is 274 g/mol. The summed E-state index contributed by atoms with van der Waals surface area (Å²) >= 11 is 0. The lowest BCUT2D eigenvalue weighted by Gasteiger charge is -2.14. The van der Waals surface area contributed by atoms with Gasteiger partial charge in [0.05, 0.1) is 0 Å². The predicted molar refractivity (Wildman–Crippen MR) is 77.4 cm³/mol. The van der Waals surface area contributed by atoms with Crippen molar-refractivity contribution >= 4 is 17.9 Å². The van der Waals surface area contributed by atoms with Gasteiger partial charge < -0.3 is 21.5 Å². The molecule has 1 atom stereocenters. The molecule has 0 spiro atoms. The first kappa shape index (κ1) is 17.3. The van der Waals surface area contributed by atoms with Crippen LogP contribution in [0.2, 0.25) is 0 Å². The topological polar surface area (TPSA) is 122 Å². The molecule has 7 nitrogen and oxygen atoms in total. The fourth-order valence-corrected chi connectivity index (χ4v) is 2.79. The molecule has 0 aromatic rings. The van der Waals surface area contributed by atoms with Crippen molar-refractivity contribution in [2.75, 3.05) is 6.54 Å². The van der Waals surface area contributed by atoms with Crippen LogP contribution in [0, 0.1) is 16.7 Å². The summed E-state index contributed by atoms with van der Waals surface area (Å²) in [6.07, 6.45) is -0.0988. The largest absolute Gasteiger partial charge is 0.480 e. The molecule has 3 amide bonds. The normalized spacial score (nSPS) is 20.4. The molecule has 1 aliphatic carbocycles. The Labute approximate surface area is 124 Å². The number of amides is 3. The van der Waals surface area contributed by atoms with E-state index in [1.54, 1.807) is 0 Å². The Bertz CT molecular complexity index is 432. The Morgan fingerprint density at radius 2 is 1.71 bits per heavy atom. The van der Waals surface area contributed by atoms with Gasteiger partial charge in [-0.1, -0.05) is 27.7 Å². The summed E-state index contributed by atoms with van der Waals surface area (Å²) in [5.41, 5.74) is 5.28. The number of primary amides is 1. The van der Waals surface area contributed by atoms with E-state index in [0.29, 0.717) is 12.5 Å². The van der Waals surface area contributed by atoms with Gasteiger partial charge in [0.1, 0.15) is 6.04 Å². The number of nitrogens with two attached hydrogens (primary N) is 1. The Balaban J connectivity index is 2.41. The average Bonchev–Trinajstić information content (AvgIpc) is 2.72. The number of carbonyl (C=O) groups is 3. The molecule has 1 saturated carbocycles. The van der Waals surface area contributed by atoms with E-state index in [2.05, 4.69) is 38.3 Å². The van der Waals surface area contributed by atoms with Crippen molar-refractivity contribution in [3.05, 3.63) is 0 Å².